The third-order valence-corrected chi connectivity index (χ3v) is 3.25. The minimum absolute atomic E-state index is 0.559. The zero-order valence-corrected chi connectivity index (χ0v) is 9.54. The molecule has 1 aromatic carbocycles. The second kappa shape index (κ2) is 4.26. The number of hydrogen-bond donors (Lipinski definition) is 1. The fourth-order valence-electron chi connectivity index (χ4n) is 2.38. The highest BCUT2D eigenvalue weighted by atomic mass is 16.4. The second-order valence-corrected chi connectivity index (χ2v) is 4.36. The highest BCUT2D eigenvalue weighted by molar-refractivity contribution is 5.57. The number of para-hydroxylation sites is 1. The Morgan fingerprint density at radius 1 is 1.24 bits per heavy atom. The molecule has 2 aromatic rings. The van der Waals surface area contributed by atoms with Crippen LogP contribution in [-0.2, 0) is 6.42 Å². The standard InChI is InChI=1S/C14H15NO2/c16-13(14-6-3-9-17-14)10-15-8-7-11-4-1-2-5-12(11)15/h1-6,9,13,16H,7-8,10H2. The van der Waals surface area contributed by atoms with E-state index in [2.05, 4.69) is 23.1 Å². The van der Waals surface area contributed by atoms with Gasteiger partial charge in [0.1, 0.15) is 11.9 Å². The Hall–Kier alpha value is -1.74. The van der Waals surface area contributed by atoms with E-state index in [0.29, 0.717) is 12.3 Å². The summed E-state index contributed by atoms with van der Waals surface area (Å²) in [6, 6.07) is 12.0. The van der Waals surface area contributed by atoms with E-state index in [-0.39, 0.29) is 0 Å². The molecule has 3 heteroatoms. The van der Waals surface area contributed by atoms with Crippen molar-refractivity contribution in [2.45, 2.75) is 12.5 Å². The molecule has 88 valence electrons. The third kappa shape index (κ3) is 1.94. The van der Waals surface area contributed by atoms with E-state index in [1.165, 1.54) is 11.3 Å². The van der Waals surface area contributed by atoms with Gasteiger partial charge >= 0.3 is 0 Å². The molecule has 1 atom stereocenters. The second-order valence-electron chi connectivity index (χ2n) is 4.36. The van der Waals surface area contributed by atoms with Crippen molar-refractivity contribution in [2.24, 2.45) is 0 Å². The van der Waals surface area contributed by atoms with Crippen LogP contribution in [0.15, 0.2) is 47.1 Å². The molecule has 0 fully saturated rings. The average Bonchev–Trinajstić information content (AvgIpc) is 2.98. The Labute approximate surface area is 100 Å². The van der Waals surface area contributed by atoms with Crippen LogP contribution in [-0.4, -0.2) is 18.2 Å². The fourth-order valence-corrected chi connectivity index (χ4v) is 2.38. The summed E-state index contributed by atoms with van der Waals surface area (Å²) in [5.41, 5.74) is 2.59. The molecule has 1 aromatic heterocycles. The van der Waals surface area contributed by atoms with Crippen molar-refractivity contribution in [2.75, 3.05) is 18.0 Å². The first kappa shape index (κ1) is 10.4. The van der Waals surface area contributed by atoms with Gasteiger partial charge in [-0.2, -0.15) is 0 Å². The molecule has 0 spiro atoms. The lowest BCUT2D eigenvalue weighted by atomic mass is 10.2. The molecule has 0 bridgehead atoms. The molecule has 0 aliphatic carbocycles. The van der Waals surface area contributed by atoms with E-state index in [9.17, 15) is 5.11 Å². The lowest BCUT2D eigenvalue weighted by molar-refractivity contribution is 0.155. The summed E-state index contributed by atoms with van der Waals surface area (Å²) in [7, 11) is 0. The molecule has 0 radical (unpaired) electrons. The molecule has 1 unspecified atom stereocenters. The molecular weight excluding hydrogens is 214 g/mol. The van der Waals surface area contributed by atoms with Crippen molar-refractivity contribution in [1.82, 2.24) is 0 Å². The zero-order chi connectivity index (χ0) is 11.7. The maximum Gasteiger partial charge on any atom is 0.134 e. The van der Waals surface area contributed by atoms with Gasteiger partial charge in [-0.05, 0) is 30.2 Å². The summed E-state index contributed by atoms with van der Waals surface area (Å²) in [5.74, 6) is 0.634. The number of aliphatic hydroxyl groups excluding tert-OH is 1. The number of nitrogens with zero attached hydrogens (tertiary/aromatic N) is 1. The summed E-state index contributed by atoms with van der Waals surface area (Å²) in [6.45, 7) is 1.56. The Kier molecular flexibility index (Phi) is 2.61. The van der Waals surface area contributed by atoms with Gasteiger partial charge in [-0.25, -0.2) is 0 Å². The van der Waals surface area contributed by atoms with Gasteiger partial charge in [0.25, 0.3) is 0 Å². The minimum atomic E-state index is -0.559. The maximum absolute atomic E-state index is 10.1. The van der Waals surface area contributed by atoms with Crippen LogP contribution in [0, 0.1) is 0 Å². The Balaban J connectivity index is 1.75. The van der Waals surface area contributed by atoms with Crippen LogP contribution in [0.5, 0.6) is 0 Å². The van der Waals surface area contributed by atoms with Gasteiger partial charge in [-0.3, -0.25) is 0 Å². The molecule has 0 amide bonds. The molecule has 17 heavy (non-hydrogen) atoms. The maximum atomic E-state index is 10.1. The van der Waals surface area contributed by atoms with Gasteiger partial charge in [-0.1, -0.05) is 18.2 Å². The van der Waals surface area contributed by atoms with E-state index < -0.39 is 6.10 Å². The Morgan fingerprint density at radius 2 is 2.12 bits per heavy atom. The van der Waals surface area contributed by atoms with Gasteiger partial charge in [0, 0.05) is 12.2 Å². The molecule has 2 heterocycles. The van der Waals surface area contributed by atoms with E-state index in [0.717, 1.165) is 13.0 Å². The largest absolute Gasteiger partial charge is 0.467 e. The zero-order valence-electron chi connectivity index (χ0n) is 9.54. The van der Waals surface area contributed by atoms with Crippen molar-refractivity contribution in [3.8, 4) is 0 Å². The molecule has 3 rings (SSSR count). The van der Waals surface area contributed by atoms with Gasteiger partial charge in [0.2, 0.25) is 0 Å². The highest BCUT2D eigenvalue weighted by Crippen LogP contribution is 2.29. The van der Waals surface area contributed by atoms with Crippen LogP contribution in [0.3, 0.4) is 0 Å². The summed E-state index contributed by atoms with van der Waals surface area (Å²) in [5, 5.41) is 10.1. The van der Waals surface area contributed by atoms with Gasteiger partial charge < -0.3 is 14.4 Å². The predicted octanol–water partition coefficient (Wildman–Crippen LogP) is 2.38. The quantitative estimate of drug-likeness (QED) is 0.877. The first-order chi connectivity index (χ1) is 8.34. The smallest absolute Gasteiger partial charge is 0.134 e. The van der Waals surface area contributed by atoms with Crippen molar-refractivity contribution in [3.63, 3.8) is 0 Å². The topological polar surface area (TPSA) is 36.6 Å². The van der Waals surface area contributed by atoms with Gasteiger partial charge in [-0.15, -0.1) is 0 Å². The highest BCUT2D eigenvalue weighted by Gasteiger charge is 2.22. The van der Waals surface area contributed by atoms with E-state index in [4.69, 9.17) is 4.42 Å². The van der Waals surface area contributed by atoms with Crippen LogP contribution in [0.2, 0.25) is 0 Å². The minimum Gasteiger partial charge on any atom is -0.467 e. The van der Waals surface area contributed by atoms with Crippen molar-refractivity contribution < 1.29 is 9.52 Å². The number of anilines is 1. The number of hydrogen-bond acceptors (Lipinski definition) is 3. The van der Waals surface area contributed by atoms with Crippen molar-refractivity contribution in [1.29, 1.82) is 0 Å². The van der Waals surface area contributed by atoms with Crippen LogP contribution >= 0.6 is 0 Å². The van der Waals surface area contributed by atoms with Gasteiger partial charge in [0.05, 0.1) is 12.8 Å². The van der Waals surface area contributed by atoms with E-state index in [1.807, 2.05) is 12.1 Å². The molecule has 0 saturated carbocycles. The normalized spacial score (nSPS) is 15.9. The van der Waals surface area contributed by atoms with Crippen LogP contribution in [0.1, 0.15) is 17.4 Å². The lowest BCUT2D eigenvalue weighted by Gasteiger charge is -2.21. The van der Waals surface area contributed by atoms with Gasteiger partial charge in [0.15, 0.2) is 0 Å². The average molecular weight is 229 g/mol. The summed E-state index contributed by atoms with van der Waals surface area (Å²) in [6.07, 6.45) is 2.09. The first-order valence-electron chi connectivity index (χ1n) is 5.89. The van der Waals surface area contributed by atoms with Crippen molar-refractivity contribution >= 4 is 5.69 Å². The SMILES string of the molecule is OC(CN1CCc2ccccc21)c1ccco1. The summed E-state index contributed by atoms with van der Waals surface area (Å²) in [4.78, 5) is 2.21. The molecule has 1 aliphatic rings. The van der Waals surface area contributed by atoms with Crippen molar-refractivity contribution in [3.05, 3.63) is 54.0 Å². The molecule has 1 aliphatic heterocycles. The van der Waals surface area contributed by atoms with E-state index in [1.54, 1.807) is 12.3 Å². The number of furan rings is 1. The van der Waals surface area contributed by atoms with E-state index >= 15 is 0 Å². The Bertz CT molecular complexity index is 493. The third-order valence-electron chi connectivity index (χ3n) is 3.25. The number of fused-ring (bicyclic) bond motifs is 1. The molecule has 1 N–H and O–H groups in total. The first-order valence-corrected chi connectivity index (χ1v) is 5.89. The fraction of sp³-hybridized carbons (Fsp3) is 0.286. The van der Waals surface area contributed by atoms with Crippen LogP contribution < -0.4 is 4.90 Å². The summed E-state index contributed by atoms with van der Waals surface area (Å²) >= 11 is 0. The molecular formula is C14H15NO2. The number of rotatable bonds is 3. The predicted molar refractivity (Wildman–Crippen MR) is 66.0 cm³/mol. The molecule has 0 saturated heterocycles. The lowest BCUT2D eigenvalue weighted by Crippen LogP contribution is -2.26. The number of aliphatic hydroxyl groups is 1. The van der Waals surface area contributed by atoms with Crippen LogP contribution in [0.4, 0.5) is 5.69 Å². The number of β-amino-alcohol motifs (C(OH)–C–C–N with tert-alkyl or cyclic N) is 1. The Morgan fingerprint density at radius 3 is 2.94 bits per heavy atom. The molecule has 3 nitrogen and oxygen atoms in total. The van der Waals surface area contributed by atoms with Crippen LogP contribution in [0.25, 0.3) is 0 Å². The number of benzene rings is 1. The summed E-state index contributed by atoms with van der Waals surface area (Å²) < 4.78 is 5.22. The monoisotopic (exact) mass is 229 g/mol.